The van der Waals surface area contributed by atoms with Crippen molar-refractivity contribution >= 4 is 11.0 Å². The van der Waals surface area contributed by atoms with Crippen LogP contribution in [-0.2, 0) is 0 Å². The molecular formula is C17H21N3. The Morgan fingerprint density at radius 3 is 2.60 bits per heavy atom. The summed E-state index contributed by atoms with van der Waals surface area (Å²) in [5.74, 6) is 3.33. The van der Waals surface area contributed by atoms with E-state index in [-0.39, 0.29) is 0 Å². The number of rotatable bonds is 2. The first-order chi connectivity index (χ1) is 9.83. The Balaban J connectivity index is 1.70. The van der Waals surface area contributed by atoms with Crippen molar-refractivity contribution in [2.75, 3.05) is 0 Å². The summed E-state index contributed by atoms with van der Waals surface area (Å²) in [6.45, 7) is 0. The highest BCUT2D eigenvalue weighted by molar-refractivity contribution is 5.76. The van der Waals surface area contributed by atoms with E-state index in [9.17, 15) is 0 Å². The minimum absolute atomic E-state index is 0.336. The molecule has 3 saturated carbocycles. The average molecular weight is 267 g/mol. The van der Waals surface area contributed by atoms with Crippen molar-refractivity contribution in [3.8, 4) is 0 Å². The molecular weight excluding hydrogens is 246 g/mol. The molecule has 0 radical (unpaired) electrons. The summed E-state index contributed by atoms with van der Waals surface area (Å²) < 4.78 is 2.53. The zero-order valence-electron chi connectivity index (χ0n) is 11.7. The van der Waals surface area contributed by atoms with E-state index < -0.39 is 0 Å². The van der Waals surface area contributed by atoms with Crippen LogP contribution in [0.5, 0.6) is 0 Å². The van der Waals surface area contributed by atoms with E-state index in [4.69, 9.17) is 10.7 Å². The lowest BCUT2D eigenvalue weighted by atomic mass is 9.84. The van der Waals surface area contributed by atoms with E-state index in [0.29, 0.717) is 18.0 Å². The molecule has 0 amide bonds. The van der Waals surface area contributed by atoms with Gasteiger partial charge in [-0.25, -0.2) is 4.98 Å². The highest BCUT2D eigenvalue weighted by Gasteiger charge is 2.49. The standard InChI is InChI=1S/C17H21N3/c18-16-11-6-5-10(9-11)15(16)17-19-13-3-1-2-4-14(13)20(17)12-7-8-12/h1-4,10-12,15-16H,5-9,18H2. The number of imidazole rings is 1. The van der Waals surface area contributed by atoms with Gasteiger partial charge in [-0.1, -0.05) is 12.1 Å². The number of nitrogens with two attached hydrogens (primary N) is 1. The molecule has 20 heavy (non-hydrogen) atoms. The second kappa shape index (κ2) is 3.85. The summed E-state index contributed by atoms with van der Waals surface area (Å²) in [5, 5.41) is 0. The maximum absolute atomic E-state index is 6.55. The fraction of sp³-hybridized carbons (Fsp3) is 0.588. The van der Waals surface area contributed by atoms with Crippen molar-refractivity contribution in [2.24, 2.45) is 17.6 Å². The molecule has 104 valence electrons. The van der Waals surface area contributed by atoms with Crippen molar-refractivity contribution in [2.45, 2.75) is 50.1 Å². The van der Waals surface area contributed by atoms with Crippen LogP contribution >= 0.6 is 0 Å². The SMILES string of the molecule is NC1C2CCC(C2)C1c1nc2ccccc2n1C1CC1. The van der Waals surface area contributed by atoms with Gasteiger partial charge >= 0.3 is 0 Å². The smallest absolute Gasteiger partial charge is 0.115 e. The molecule has 3 aliphatic carbocycles. The first-order valence-electron chi connectivity index (χ1n) is 8.05. The van der Waals surface area contributed by atoms with Crippen LogP contribution in [0.1, 0.15) is 49.9 Å². The van der Waals surface area contributed by atoms with Crippen LogP contribution in [0.2, 0.25) is 0 Å². The predicted octanol–water partition coefficient (Wildman–Crippen LogP) is 3.21. The van der Waals surface area contributed by atoms with Crippen molar-refractivity contribution in [3.05, 3.63) is 30.1 Å². The number of hydrogen-bond donors (Lipinski definition) is 1. The molecule has 3 aliphatic rings. The lowest BCUT2D eigenvalue weighted by molar-refractivity contribution is 0.347. The summed E-state index contributed by atoms with van der Waals surface area (Å²) >= 11 is 0. The molecule has 1 aromatic heterocycles. The van der Waals surface area contributed by atoms with Gasteiger partial charge in [0.25, 0.3) is 0 Å². The number of para-hydroxylation sites is 2. The number of aromatic nitrogens is 2. The molecule has 3 heteroatoms. The fourth-order valence-corrected chi connectivity index (χ4v) is 4.73. The number of fused-ring (bicyclic) bond motifs is 3. The van der Waals surface area contributed by atoms with Gasteiger partial charge in [0.15, 0.2) is 0 Å². The molecule has 4 atom stereocenters. The normalized spacial score (nSPS) is 36.0. The average Bonchev–Trinajstić information content (AvgIpc) is 2.96. The number of benzene rings is 1. The fourth-order valence-electron chi connectivity index (χ4n) is 4.73. The van der Waals surface area contributed by atoms with E-state index in [2.05, 4.69) is 28.8 Å². The molecule has 1 heterocycles. The van der Waals surface area contributed by atoms with E-state index >= 15 is 0 Å². The number of hydrogen-bond acceptors (Lipinski definition) is 2. The third kappa shape index (κ3) is 1.42. The Labute approximate surface area is 119 Å². The molecule has 4 unspecified atom stereocenters. The first-order valence-corrected chi connectivity index (χ1v) is 8.05. The molecule has 5 rings (SSSR count). The Morgan fingerprint density at radius 2 is 1.85 bits per heavy atom. The highest BCUT2D eigenvalue weighted by atomic mass is 15.1. The molecule has 1 aromatic carbocycles. The number of nitrogens with zero attached hydrogens (tertiary/aromatic N) is 2. The van der Waals surface area contributed by atoms with Crippen LogP contribution in [0, 0.1) is 11.8 Å². The van der Waals surface area contributed by atoms with Gasteiger partial charge in [-0.3, -0.25) is 0 Å². The monoisotopic (exact) mass is 267 g/mol. The Kier molecular flexibility index (Phi) is 2.18. The molecule has 0 saturated heterocycles. The second-order valence-corrected chi connectivity index (χ2v) is 7.00. The Hall–Kier alpha value is -1.35. The van der Waals surface area contributed by atoms with Gasteiger partial charge in [0.1, 0.15) is 5.82 Å². The van der Waals surface area contributed by atoms with Crippen molar-refractivity contribution < 1.29 is 0 Å². The molecule has 3 nitrogen and oxygen atoms in total. The lowest BCUT2D eigenvalue weighted by Gasteiger charge is -2.28. The van der Waals surface area contributed by atoms with Crippen LogP contribution in [-0.4, -0.2) is 15.6 Å². The first kappa shape index (κ1) is 11.3. The molecule has 3 fully saturated rings. The summed E-state index contributed by atoms with van der Waals surface area (Å²) in [4.78, 5) is 5.01. The molecule has 2 aromatic rings. The molecule has 2 bridgehead atoms. The second-order valence-electron chi connectivity index (χ2n) is 7.00. The zero-order valence-corrected chi connectivity index (χ0v) is 11.7. The van der Waals surface area contributed by atoms with E-state index in [1.807, 2.05) is 0 Å². The maximum atomic E-state index is 6.55. The van der Waals surface area contributed by atoms with E-state index in [0.717, 1.165) is 17.4 Å². The zero-order chi connectivity index (χ0) is 13.3. The quantitative estimate of drug-likeness (QED) is 0.908. The lowest BCUT2D eigenvalue weighted by Crippen LogP contribution is -2.35. The third-order valence-corrected chi connectivity index (χ3v) is 5.81. The Bertz CT molecular complexity index is 668. The predicted molar refractivity (Wildman–Crippen MR) is 79.6 cm³/mol. The van der Waals surface area contributed by atoms with Crippen LogP contribution < -0.4 is 5.73 Å². The van der Waals surface area contributed by atoms with Gasteiger partial charge in [0.05, 0.1) is 11.0 Å². The van der Waals surface area contributed by atoms with Crippen LogP contribution in [0.25, 0.3) is 11.0 Å². The minimum atomic E-state index is 0.336. The molecule has 0 aliphatic heterocycles. The van der Waals surface area contributed by atoms with Gasteiger partial charge in [-0.05, 0) is 56.1 Å². The van der Waals surface area contributed by atoms with E-state index in [1.165, 1.54) is 43.4 Å². The minimum Gasteiger partial charge on any atom is -0.327 e. The van der Waals surface area contributed by atoms with Crippen LogP contribution in [0.4, 0.5) is 0 Å². The van der Waals surface area contributed by atoms with Gasteiger partial charge in [0, 0.05) is 18.0 Å². The largest absolute Gasteiger partial charge is 0.327 e. The third-order valence-electron chi connectivity index (χ3n) is 5.81. The van der Waals surface area contributed by atoms with Gasteiger partial charge in [-0.2, -0.15) is 0 Å². The van der Waals surface area contributed by atoms with Crippen molar-refractivity contribution in [1.29, 1.82) is 0 Å². The van der Waals surface area contributed by atoms with Gasteiger partial charge in [-0.15, -0.1) is 0 Å². The van der Waals surface area contributed by atoms with E-state index in [1.54, 1.807) is 0 Å². The maximum Gasteiger partial charge on any atom is 0.115 e. The topological polar surface area (TPSA) is 43.8 Å². The van der Waals surface area contributed by atoms with Crippen molar-refractivity contribution in [3.63, 3.8) is 0 Å². The van der Waals surface area contributed by atoms with Gasteiger partial charge < -0.3 is 10.3 Å². The van der Waals surface area contributed by atoms with Crippen LogP contribution in [0.15, 0.2) is 24.3 Å². The summed E-state index contributed by atoms with van der Waals surface area (Å²) in [6, 6.07) is 9.62. The Morgan fingerprint density at radius 1 is 1.05 bits per heavy atom. The van der Waals surface area contributed by atoms with Crippen molar-refractivity contribution in [1.82, 2.24) is 9.55 Å². The molecule has 0 spiro atoms. The summed E-state index contributed by atoms with van der Waals surface area (Å²) in [6.07, 6.45) is 6.65. The van der Waals surface area contributed by atoms with Crippen LogP contribution in [0.3, 0.4) is 0 Å². The molecule has 2 N–H and O–H groups in total. The van der Waals surface area contributed by atoms with Gasteiger partial charge in [0.2, 0.25) is 0 Å². The summed E-state index contributed by atoms with van der Waals surface area (Å²) in [5.41, 5.74) is 9.03. The highest BCUT2D eigenvalue weighted by Crippen LogP contribution is 2.53. The summed E-state index contributed by atoms with van der Waals surface area (Å²) in [7, 11) is 0.